The van der Waals surface area contributed by atoms with E-state index in [0.717, 1.165) is 25.7 Å². The quantitative estimate of drug-likeness (QED) is 0.552. The van der Waals surface area contributed by atoms with E-state index in [0.29, 0.717) is 17.1 Å². The lowest BCUT2D eigenvalue weighted by Crippen LogP contribution is -2.49. The van der Waals surface area contributed by atoms with Gasteiger partial charge in [-0.25, -0.2) is 0 Å². The zero-order valence-corrected chi connectivity index (χ0v) is 10.4. The van der Waals surface area contributed by atoms with Gasteiger partial charge in [-0.15, -0.1) is 0 Å². The van der Waals surface area contributed by atoms with Crippen molar-refractivity contribution < 1.29 is 4.79 Å². The van der Waals surface area contributed by atoms with Crippen molar-refractivity contribution in [2.45, 2.75) is 53.4 Å². The van der Waals surface area contributed by atoms with Crippen LogP contribution in [0.15, 0.2) is 11.6 Å². The number of fused-ring (bicyclic) bond motifs is 1. The normalized spacial score (nSPS) is 39.6. The molecule has 2 rings (SSSR count). The second kappa shape index (κ2) is 3.20. The Morgan fingerprint density at radius 3 is 2.67 bits per heavy atom. The van der Waals surface area contributed by atoms with Gasteiger partial charge in [-0.1, -0.05) is 32.4 Å². The summed E-state index contributed by atoms with van der Waals surface area (Å²) in [6, 6.07) is 0. The van der Waals surface area contributed by atoms with Gasteiger partial charge < -0.3 is 0 Å². The van der Waals surface area contributed by atoms with Crippen molar-refractivity contribution in [1.82, 2.24) is 0 Å². The molecule has 2 aliphatic rings. The van der Waals surface area contributed by atoms with Gasteiger partial charge in [0.2, 0.25) is 0 Å². The lowest BCUT2D eigenvalue weighted by molar-refractivity contribution is -0.141. The Hall–Kier alpha value is -0.590. The smallest absolute Gasteiger partial charge is 0.139 e. The Morgan fingerprint density at radius 2 is 2.00 bits per heavy atom. The van der Waals surface area contributed by atoms with Crippen LogP contribution in [0.2, 0.25) is 0 Å². The first-order valence-electron chi connectivity index (χ1n) is 6.05. The fraction of sp³-hybridized carbons (Fsp3) is 0.786. The summed E-state index contributed by atoms with van der Waals surface area (Å²) in [5, 5.41) is 0. The number of Topliss-reactive ketones (excluding diaryl/α,β-unsaturated/α-hetero) is 1. The SMILES string of the molecule is CC1=CC[C@@H]2C(C)(C)CCC(=O)[C@]2(C)C1. The molecule has 0 spiro atoms. The molecule has 2 atom stereocenters. The Bertz CT molecular complexity index is 324. The summed E-state index contributed by atoms with van der Waals surface area (Å²) in [6.07, 6.45) is 6.28. The summed E-state index contributed by atoms with van der Waals surface area (Å²) in [5.41, 5.74) is 1.67. The molecule has 2 aliphatic carbocycles. The van der Waals surface area contributed by atoms with Gasteiger partial charge in [-0.05, 0) is 37.5 Å². The molecule has 0 unspecified atom stereocenters. The minimum absolute atomic E-state index is 0.0689. The maximum Gasteiger partial charge on any atom is 0.139 e. The van der Waals surface area contributed by atoms with Crippen LogP contribution in [0.25, 0.3) is 0 Å². The molecule has 1 fully saturated rings. The Balaban J connectivity index is 2.40. The van der Waals surface area contributed by atoms with Gasteiger partial charge in [0.15, 0.2) is 0 Å². The van der Waals surface area contributed by atoms with Crippen molar-refractivity contribution in [3.8, 4) is 0 Å². The van der Waals surface area contributed by atoms with Gasteiger partial charge in [-0.2, -0.15) is 0 Å². The van der Waals surface area contributed by atoms with Crippen LogP contribution in [0.1, 0.15) is 53.4 Å². The highest BCUT2D eigenvalue weighted by atomic mass is 16.1. The molecule has 84 valence electrons. The van der Waals surface area contributed by atoms with E-state index in [1.54, 1.807) is 0 Å². The third-order valence-electron chi connectivity index (χ3n) is 4.69. The summed E-state index contributed by atoms with van der Waals surface area (Å²) in [4.78, 5) is 12.2. The second-order valence-corrected chi connectivity index (χ2v) is 6.34. The van der Waals surface area contributed by atoms with Crippen molar-refractivity contribution in [3.63, 3.8) is 0 Å². The average molecular weight is 206 g/mol. The Labute approximate surface area is 92.9 Å². The third-order valence-corrected chi connectivity index (χ3v) is 4.69. The summed E-state index contributed by atoms with van der Waals surface area (Å²) >= 11 is 0. The standard InChI is InChI=1S/C14H22O/c1-10-5-6-11-13(2,3)8-7-12(15)14(11,4)9-10/h5,11H,6-9H2,1-4H3/t11-,14-/m1/s1. The Morgan fingerprint density at radius 1 is 1.33 bits per heavy atom. The van der Waals surface area contributed by atoms with E-state index < -0.39 is 0 Å². The summed E-state index contributed by atoms with van der Waals surface area (Å²) < 4.78 is 0. The topological polar surface area (TPSA) is 17.1 Å². The highest BCUT2D eigenvalue weighted by molar-refractivity contribution is 5.86. The minimum atomic E-state index is -0.0689. The van der Waals surface area contributed by atoms with E-state index >= 15 is 0 Å². The van der Waals surface area contributed by atoms with E-state index in [2.05, 4.69) is 33.8 Å². The van der Waals surface area contributed by atoms with Crippen LogP contribution in [-0.2, 0) is 4.79 Å². The van der Waals surface area contributed by atoms with Crippen LogP contribution in [0, 0.1) is 16.7 Å². The van der Waals surface area contributed by atoms with Gasteiger partial charge in [-0.3, -0.25) is 4.79 Å². The fourth-order valence-corrected chi connectivity index (χ4v) is 3.72. The average Bonchev–Trinajstić information content (AvgIpc) is 2.11. The molecule has 0 amide bonds. The number of hydrogen-bond donors (Lipinski definition) is 0. The molecule has 0 bridgehead atoms. The second-order valence-electron chi connectivity index (χ2n) is 6.34. The van der Waals surface area contributed by atoms with Crippen molar-refractivity contribution in [3.05, 3.63) is 11.6 Å². The summed E-state index contributed by atoms with van der Waals surface area (Å²) in [7, 11) is 0. The van der Waals surface area contributed by atoms with E-state index in [1.165, 1.54) is 5.57 Å². The van der Waals surface area contributed by atoms with Crippen molar-refractivity contribution in [2.24, 2.45) is 16.7 Å². The zero-order valence-electron chi connectivity index (χ0n) is 10.4. The number of ketones is 1. The number of carbonyl (C=O) groups is 1. The molecular weight excluding hydrogens is 184 g/mol. The van der Waals surface area contributed by atoms with Gasteiger partial charge in [0.05, 0.1) is 0 Å². The summed E-state index contributed by atoms with van der Waals surface area (Å²) in [6.45, 7) is 9.02. The van der Waals surface area contributed by atoms with E-state index in [9.17, 15) is 4.79 Å². The fourth-order valence-electron chi connectivity index (χ4n) is 3.72. The lowest BCUT2D eigenvalue weighted by Gasteiger charge is -2.51. The van der Waals surface area contributed by atoms with Crippen LogP contribution in [0.4, 0.5) is 0 Å². The first-order valence-corrected chi connectivity index (χ1v) is 6.05. The number of allylic oxidation sites excluding steroid dienone is 2. The lowest BCUT2D eigenvalue weighted by atomic mass is 9.52. The highest BCUT2D eigenvalue weighted by Crippen LogP contribution is 2.55. The van der Waals surface area contributed by atoms with Crippen molar-refractivity contribution in [2.75, 3.05) is 0 Å². The number of carbonyl (C=O) groups excluding carboxylic acids is 1. The van der Waals surface area contributed by atoms with Gasteiger partial charge in [0.25, 0.3) is 0 Å². The molecule has 0 aliphatic heterocycles. The number of hydrogen-bond acceptors (Lipinski definition) is 1. The van der Waals surface area contributed by atoms with E-state index in [1.807, 2.05) is 0 Å². The van der Waals surface area contributed by atoms with Gasteiger partial charge >= 0.3 is 0 Å². The van der Waals surface area contributed by atoms with Gasteiger partial charge in [0, 0.05) is 11.8 Å². The molecule has 0 radical (unpaired) electrons. The van der Waals surface area contributed by atoms with Crippen LogP contribution >= 0.6 is 0 Å². The number of rotatable bonds is 0. The van der Waals surface area contributed by atoms with Crippen LogP contribution < -0.4 is 0 Å². The summed E-state index contributed by atoms with van der Waals surface area (Å²) in [5.74, 6) is 1.05. The highest BCUT2D eigenvalue weighted by Gasteiger charge is 2.51. The largest absolute Gasteiger partial charge is 0.299 e. The zero-order chi connectivity index (χ0) is 11.3. The molecular formula is C14H22O. The molecule has 15 heavy (non-hydrogen) atoms. The van der Waals surface area contributed by atoms with Gasteiger partial charge in [0.1, 0.15) is 5.78 Å². The van der Waals surface area contributed by atoms with Crippen LogP contribution in [0.5, 0.6) is 0 Å². The first kappa shape index (κ1) is 10.9. The molecule has 0 aromatic heterocycles. The maximum atomic E-state index is 12.2. The van der Waals surface area contributed by atoms with Crippen molar-refractivity contribution in [1.29, 1.82) is 0 Å². The van der Waals surface area contributed by atoms with Crippen LogP contribution in [-0.4, -0.2) is 5.78 Å². The van der Waals surface area contributed by atoms with E-state index in [4.69, 9.17) is 0 Å². The third kappa shape index (κ3) is 1.56. The predicted octanol–water partition coefficient (Wildman–Crippen LogP) is 3.74. The first-order chi connectivity index (χ1) is 6.86. The predicted molar refractivity (Wildman–Crippen MR) is 62.6 cm³/mol. The Kier molecular flexibility index (Phi) is 2.33. The molecule has 1 saturated carbocycles. The molecule has 0 N–H and O–H groups in total. The molecule has 1 nitrogen and oxygen atoms in total. The molecule has 0 aromatic rings. The van der Waals surface area contributed by atoms with E-state index in [-0.39, 0.29) is 5.41 Å². The molecule has 0 heterocycles. The minimum Gasteiger partial charge on any atom is -0.299 e. The van der Waals surface area contributed by atoms with Crippen molar-refractivity contribution >= 4 is 5.78 Å². The molecule has 0 aromatic carbocycles. The molecule has 0 saturated heterocycles. The monoisotopic (exact) mass is 206 g/mol. The maximum absolute atomic E-state index is 12.2. The van der Waals surface area contributed by atoms with Crippen LogP contribution in [0.3, 0.4) is 0 Å². The molecule has 1 heteroatoms.